The Labute approximate surface area is 123 Å². The highest BCUT2D eigenvalue weighted by molar-refractivity contribution is 5.34. The predicted molar refractivity (Wildman–Crippen MR) is 77.0 cm³/mol. The number of hydrogen-bond acceptors (Lipinski definition) is 4. The first-order valence-electron chi connectivity index (χ1n) is 6.91. The van der Waals surface area contributed by atoms with Crippen molar-refractivity contribution < 1.29 is 8.91 Å². The number of aryl methyl sites for hydroxylation is 2. The predicted octanol–water partition coefficient (Wildman–Crippen LogP) is 3.54. The molecule has 0 saturated carbocycles. The number of nitrogens with zero attached hydrogens (tertiary/aromatic N) is 2. The highest BCUT2D eigenvalue weighted by Gasteiger charge is 2.18. The molecule has 1 heterocycles. The second kappa shape index (κ2) is 6.51. The number of nitriles is 1. The second-order valence-corrected chi connectivity index (χ2v) is 5.01. The molecule has 110 valence electrons. The Bertz CT molecular complexity index is 653. The Morgan fingerprint density at radius 3 is 2.76 bits per heavy atom. The summed E-state index contributed by atoms with van der Waals surface area (Å²) < 4.78 is 18.5. The third-order valence-electron chi connectivity index (χ3n) is 3.55. The van der Waals surface area contributed by atoms with E-state index in [1.807, 2.05) is 19.9 Å². The van der Waals surface area contributed by atoms with E-state index in [1.54, 1.807) is 12.1 Å². The van der Waals surface area contributed by atoms with Gasteiger partial charge in [0.25, 0.3) is 0 Å². The standard InChI is InChI=1S/C16H18FN3O/c1-4-15(16-10(2)20-21-11(16)3)19-9-12-5-6-14(17)13(7-12)8-18/h5-7,15,19H,4,9H2,1-3H3/t15-/m0/s1. The van der Waals surface area contributed by atoms with Gasteiger partial charge in [-0.3, -0.25) is 0 Å². The molecule has 1 aromatic carbocycles. The van der Waals surface area contributed by atoms with Gasteiger partial charge in [0.15, 0.2) is 0 Å². The molecule has 21 heavy (non-hydrogen) atoms. The van der Waals surface area contributed by atoms with E-state index in [0.717, 1.165) is 29.0 Å². The number of halogens is 1. The van der Waals surface area contributed by atoms with Gasteiger partial charge in [-0.15, -0.1) is 0 Å². The zero-order chi connectivity index (χ0) is 15.4. The summed E-state index contributed by atoms with van der Waals surface area (Å²) in [5.41, 5.74) is 2.89. The molecular weight excluding hydrogens is 269 g/mol. The van der Waals surface area contributed by atoms with E-state index in [0.29, 0.717) is 6.54 Å². The maximum absolute atomic E-state index is 13.3. The summed E-state index contributed by atoms with van der Waals surface area (Å²) in [7, 11) is 0. The molecular formula is C16H18FN3O. The van der Waals surface area contributed by atoms with Crippen LogP contribution >= 0.6 is 0 Å². The van der Waals surface area contributed by atoms with Crippen LogP contribution in [-0.2, 0) is 6.54 Å². The summed E-state index contributed by atoms with van der Waals surface area (Å²) in [6, 6.07) is 6.55. The van der Waals surface area contributed by atoms with Gasteiger partial charge in [-0.05, 0) is 38.0 Å². The van der Waals surface area contributed by atoms with Crippen LogP contribution in [0, 0.1) is 31.0 Å². The van der Waals surface area contributed by atoms with Crippen molar-refractivity contribution in [3.8, 4) is 6.07 Å². The molecule has 0 saturated heterocycles. The monoisotopic (exact) mass is 287 g/mol. The molecule has 0 aliphatic carbocycles. The summed E-state index contributed by atoms with van der Waals surface area (Å²) >= 11 is 0. The van der Waals surface area contributed by atoms with Gasteiger partial charge in [0.1, 0.15) is 17.6 Å². The Morgan fingerprint density at radius 1 is 1.43 bits per heavy atom. The molecule has 0 amide bonds. The lowest BCUT2D eigenvalue weighted by Crippen LogP contribution is -2.21. The maximum atomic E-state index is 13.3. The fourth-order valence-corrected chi connectivity index (χ4v) is 2.45. The van der Waals surface area contributed by atoms with Crippen LogP contribution in [0.2, 0.25) is 0 Å². The maximum Gasteiger partial charge on any atom is 0.140 e. The lowest BCUT2D eigenvalue weighted by atomic mass is 10.0. The van der Waals surface area contributed by atoms with Crippen molar-refractivity contribution >= 4 is 0 Å². The highest BCUT2D eigenvalue weighted by Crippen LogP contribution is 2.24. The van der Waals surface area contributed by atoms with Crippen LogP contribution in [0.25, 0.3) is 0 Å². The molecule has 1 aromatic heterocycles. The van der Waals surface area contributed by atoms with Crippen molar-refractivity contribution in [2.75, 3.05) is 0 Å². The Kier molecular flexibility index (Phi) is 4.71. The molecule has 1 N–H and O–H groups in total. The third kappa shape index (κ3) is 3.29. The van der Waals surface area contributed by atoms with Gasteiger partial charge in [0, 0.05) is 18.2 Å². The highest BCUT2D eigenvalue weighted by atomic mass is 19.1. The average Bonchev–Trinajstić information content (AvgIpc) is 2.81. The van der Waals surface area contributed by atoms with Gasteiger partial charge in [-0.2, -0.15) is 5.26 Å². The third-order valence-corrected chi connectivity index (χ3v) is 3.55. The van der Waals surface area contributed by atoms with Crippen LogP contribution in [0.4, 0.5) is 4.39 Å². The molecule has 1 atom stereocenters. The largest absolute Gasteiger partial charge is 0.361 e. The molecule has 0 aliphatic heterocycles. The van der Waals surface area contributed by atoms with Crippen molar-refractivity contribution in [3.63, 3.8) is 0 Å². The quantitative estimate of drug-likeness (QED) is 0.913. The molecule has 2 rings (SSSR count). The van der Waals surface area contributed by atoms with E-state index < -0.39 is 5.82 Å². The van der Waals surface area contributed by atoms with Crippen LogP contribution in [0.1, 0.15) is 47.5 Å². The Morgan fingerprint density at radius 2 is 2.19 bits per heavy atom. The molecule has 4 nitrogen and oxygen atoms in total. The summed E-state index contributed by atoms with van der Waals surface area (Å²) in [5, 5.41) is 16.2. The van der Waals surface area contributed by atoms with Gasteiger partial charge in [-0.1, -0.05) is 18.1 Å². The van der Waals surface area contributed by atoms with Crippen LogP contribution in [-0.4, -0.2) is 5.16 Å². The lowest BCUT2D eigenvalue weighted by Gasteiger charge is -2.17. The number of nitrogens with one attached hydrogen (secondary N) is 1. The molecule has 0 aliphatic rings. The van der Waals surface area contributed by atoms with Crippen LogP contribution in [0.15, 0.2) is 22.7 Å². The summed E-state index contributed by atoms with van der Waals surface area (Å²) in [6.07, 6.45) is 0.884. The van der Waals surface area contributed by atoms with Crippen molar-refractivity contribution in [1.29, 1.82) is 5.26 Å². The van der Waals surface area contributed by atoms with E-state index >= 15 is 0 Å². The topological polar surface area (TPSA) is 61.9 Å². The minimum Gasteiger partial charge on any atom is -0.361 e. The van der Waals surface area contributed by atoms with Crippen LogP contribution < -0.4 is 5.32 Å². The van der Waals surface area contributed by atoms with Gasteiger partial charge < -0.3 is 9.84 Å². The minimum atomic E-state index is -0.487. The number of aromatic nitrogens is 1. The number of hydrogen-bond donors (Lipinski definition) is 1. The molecule has 5 heteroatoms. The molecule has 0 bridgehead atoms. The van der Waals surface area contributed by atoms with E-state index in [-0.39, 0.29) is 11.6 Å². The van der Waals surface area contributed by atoms with Gasteiger partial charge in [0.05, 0.1) is 11.3 Å². The summed E-state index contributed by atoms with van der Waals surface area (Å²) in [6.45, 7) is 6.44. The zero-order valence-corrected chi connectivity index (χ0v) is 12.4. The van der Waals surface area contributed by atoms with Crippen molar-refractivity contribution in [2.24, 2.45) is 0 Å². The Hall–Kier alpha value is -2.19. The van der Waals surface area contributed by atoms with Crippen molar-refractivity contribution in [3.05, 3.63) is 52.2 Å². The molecule has 2 aromatic rings. The van der Waals surface area contributed by atoms with E-state index in [4.69, 9.17) is 9.78 Å². The summed E-state index contributed by atoms with van der Waals surface area (Å²) in [5.74, 6) is 0.322. The average molecular weight is 287 g/mol. The van der Waals surface area contributed by atoms with Crippen molar-refractivity contribution in [2.45, 2.75) is 39.8 Å². The first kappa shape index (κ1) is 15.2. The fraction of sp³-hybridized carbons (Fsp3) is 0.375. The molecule has 0 radical (unpaired) electrons. The fourth-order valence-electron chi connectivity index (χ4n) is 2.45. The normalized spacial score (nSPS) is 12.1. The van der Waals surface area contributed by atoms with E-state index in [2.05, 4.69) is 17.4 Å². The first-order chi connectivity index (χ1) is 10.1. The number of rotatable bonds is 5. The molecule has 0 spiro atoms. The van der Waals surface area contributed by atoms with Crippen molar-refractivity contribution in [1.82, 2.24) is 10.5 Å². The Balaban J connectivity index is 2.13. The second-order valence-electron chi connectivity index (χ2n) is 5.01. The lowest BCUT2D eigenvalue weighted by molar-refractivity contribution is 0.389. The van der Waals surface area contributed by atoms with Gasteiger partial charge in [0.2, 0.25) is 0 Å². The minimum absolute atomic E-state index is 0.0692. The van der Waals surface area contributed by atoms with Gasteiger partial charge >= 0.3 is 0 Å². The number of benzene rings is 1. The van der Waals surface area contributed by atoms with E-state index in [1.165, 1.54) is 6.07 Å². The van der Waals surface area contributed by atoms with E-state index in [9.17, 15) is 4.39 Å². The van der Waals surface area contributed by atoms with Crippen LogP contribution in [0.3, 0.4) is 0 Å². The zero-order valence-electron chi connectivity index (χ0n) is 12.4. The van der Waals surface area contributed by atoms with Gasteiger partial charge in [-0.25, -0.2) is 4.39 Å². The summed E-state index contributed by atoms with van der Waals surface area (Å²) in [4.78, 5) is 0. The molecule has 0 fully saturated rings. The van der Waals surface area contributed by atoms with Crippen LogP contribution in [0.5, 0.6) is 0 Å². The smallest absolute Gasteiger partial charge is 0.140 e. The molecule has 0 unspecified atom stereocenters. The SMILES string of the molecule is CC[C@H](NCc1ccc(F)c(C#N)c1)c1c(C)noc1C. The first-order valence-corrected chi connectivity index (χ1v) is 6.91.